The fourth-order valence-electron chi connectivity index (χ4n) is 4.29. The molecule has 0 heterocycles. The Kier molecular flexibility index (Phi) is 12.8. The van der Waals surface area contributed by atoms with Gasteiger partial charge >= 0.3 is 28.4 Å². The van der Waals surface area contributed by atoms with Crippen molar-refractivity contribution in [3.8, 4) is 0 Å². The zero-order valence-electron chi connectivity index (χ0n) is 20.7. The van der Waals surface area contributed by atoms with E-state index >= 15 is 0 Å². The first kappa shape index (κ1) is 31.7. The smallest absolute Gasteiger partial charge is 1.00 e. The van der Waals surface area contributed by atoms with E-state index in [1.165, 1.54) is 57.6 Å². The fraction of sp³-hybridized carbons (Fsp3) is 0.370. The van der Waals surface area contributed by atoms with E-state index < -0.39 is 16.1 Å². The molecule has 2 atom stereocenters. The maximum Gasteiger partial charge on any atom is -1.00 e. The van der Waals surface area contributed by atoms with E-state index in [1.54, 1.807) is 0 Å². The zero-order valence-corrected chi connectivity index (χ0v) is 26.7. The van der Waals surface area contributed by atoms with E-state index in [2.05, 4.69) is 118 Å². The van der Waals surface area contributed by atoms with Crippen LogP contribution in [0.1, 0.15) is 47.2 Å². The van der Waals surface area contributed by atoms with Gasteiger partial charge in [0.1, 0.15) is 0 Å². The molecule has 4 rings (SSSR count). The van der Waals surface area contributed by atoms with Gasteiger partial charge in [-0.15, -0.1) is 23.3 Å². The summed E-state index contributed by atoms with van der Waals surface area (Å²) in [6, 6.07) is 17.5. The second-order valence-electron chi connectivity index (χ2n) is 10.3. The van der Waals surface area contributed by atoms with Gasteiger partial charge in [0, 0.05) is 16.1 Å². The maximum absolute atomic E-state index is 3.64. The Balaban J connectivity index is 0.000000527. The molecule has 0 saturated carbocycles. The summed E-state index contributed by atoms with van der Waals surface area (Å²) in [6.07, 6.45) is 7.28. The molecule has 0 nitrogen and oxygen atoms in total. The number of allylic oxidation sites excluding steroid dienone is 4. The molecule has 2 aliphatic carbocycles. The monoisotopic (exact) mass is 576 g/mol. The van der Waals surface area contributed by atoms with Crippen LogP contribution in [0, 0.1) is 12.2 Å². The van der Waals surface area contributed by atoms with Crippen LogP contribution in [0.2, 0.25) is 39.3 Å². The van der Waals surface area contributed by atoms with Crippen LogP contribution in [0.15, 0.2) is 48.5 Å². The zero-order chi connectivity index (χ0) is 22.7. The maximum atomic E-state index is 3.64. The van der Waals surface area contributed by atoms with Crippen LogP contribution in [-0.4, -0.2) is 20.4 Å². The summed E-state index contributed by atoms with van der Waals surface area (Å²) in [7, 11) is -2.30. The quantitative estimate of drug-likeness (QED) is 0.376. The molecule has 0 unspecified atom stereocenters. The second kappa shape index (κ2) is 13.0. The van der Waals surface area contributed by atoms with Gasteiger partial charge < -0.3 is 24.8 Å². The summed E-state index contributed by atoms with van der Waals surface area (Å²) in [5.74, 6) is 0. The van der Waals surface area contributed by atoms with E-state index in [0.29, 0.717) is 11.1 Å². The SMILES string of the molecule is CC1=[C-][C@@H]([Si](C)(C)C)c2ccccc21.CC1=[C-][C@H]([Si](C)(C)C)c2ccccc21.[CH2]=[Zr+2].[Cl-].[Cl-]. The number of hydrogen-bond acceptors (Lipinski definition) is 0. The van der Waals surface area contributed by atoms with Crippen molar-refractivity contribution < 1.29 is 49.0 Å². The van der Waals surface area contributed by atoms with Gasteiger partial charge in [-0.25, -0.2) is 11.1 Å². The van der Waals surface area contributed by atoms with Crippen LogP contribution >= 0.6 is 0 Å². The number of fused-ring (bicyclic) bond motifs is 2. The molecule has 2 aromatic rings. The normalized spacial score (nSPS) is 18.2. The molecule has 32 heavy (non-hydrogen) atoms. The predicted octanol–water partition coefficient (Wildman–Crippen LogP) is 1.71. The Hall–Kier alpha value is -0.313. The molecule has 0 radical (unpaired) electrons. The Bertz CT molecular complexity index is 875. The summed E-state index contributed by atoms with van der Waals surface area (Å²) in [5, 5.41) is 0. The van der Waals surface area contributed by atoms with Crippen molar-refractivity contribution in [2.24, 2.45) is 0 Å². The van der Waals surface area contributed by atoms with Crippen LogP contribution in [0.4, 0.5) is 0 Å². The van der Waals surface area contributed by atoms with Crippen LogP contribution in [0.5, 0.6) is 0 Å². The van der Waals surface area contributed by atoms with Crippen molar-refractivity contribution >= 4 is 31.5 Å². The Labute approximate surface area is 226 Å². The van der Waals surface area contributed by atoms with Crippen molar-refractivity contribution in [1.82, 2.24) is 0 Å². The standard InChI is InChI=1S/2C13H17Si.CH2.2ClH.Zr/c2*1-10-9-13(14(2,3)4)12-8-6-5-7-11(10)12;;;;/h2*5-8,13H,1-4H3;1H2;2*1H;/q2*-1;;;;+2/p-2/t2*13-;;;;/m10..../s1. The van der Waals surface area contributed by atoms with Crippen molar-refractivity contribution in [3.05, 3.63) is 82.9 Å². The molecular formula is C27H36Cl2Si2Zr-2. The molecule has 0 spiro atoms. The molecular weight excluding hydrogens is 543 g/mol. The Morgan fingerprint density at radius 1 is 0.625 bits per heavy atom. The van der Waals surface area contributed by atoms with Crippen LogP contribution in [-0.2, 0) is 24.2 Å². The van der Waals surface area contributed by atoms with E-state index in [9.17, 15) is 0 Å². The predicted molar refractivity (Wildman–Crippen MR) is 137 cm³/mol. The molecule has 0 amide bonds. The van der Waals surface area contributed by atoms with E-state index in [0.717, 1.165) is 0 Å². The average Bonchev–Trinajstić information content (AvgIpc) is 3.22. The van der Waals surface area contributed by atoms with Gasteiger partial charge in [0.15, 0.2) is 0 Å². The third-order valence-corrected chi connectivity index (χ3v) is 10.2. The molecule has 0 fully saturated rings. The molecule has 0 bridgehead atoms. The van der Waals surface area contributed by atoms with E-state index in [4.69, 9.17) is 0 Å². The fourth-order valence-corrected chi connectivity index (χ4v) is 7.96. The molecule has 5 heteroatoms. The van der Waals surface area contributed by atoms with Crippen molar-refractivity contribution in [2.75, 3.05) is 0 Å². The third-order valence-electron chi connectivity index (χ3n) is 5.81. The summed E-state index contributed by atoms with van der Waals surface area (Å²) < 4.78 is 3.34. The van der Waals surface area contributed by atoms with Gasteiger partial charge in [0.2, 0.25) is 0 Å². The molecule has 0 aliphatic heterocycles. The first-order valence-electron chi connectivity index (χ1n) is 10.7. The summed E-state index contributed by atoms with van der Waals surface area (Å²) >= 11 is 1.30. The minimum atomic E-state index is -1.15. The second-order valence-corrected chi connectivity index (χ2v) is 20.9. The summed E-state index contributed by atoms with van der Waals surface area (Å²) in [4.78, 5) is 0. The minimum absolute atomic E-state index is 0. The van der Waals surface area contributed by atoms with Gasteiger partial charge in [-0.3, -0.25) is 12.2 Å². The number of halogens is 2. The number of hydrogen-bond donors (Lipinski definition) is 0. The third kappa shape index (κ3) is 7.34. The van der Waals surface area contributed by atoms with E-state index in [1.807, 2.05) is 0 Å². The topological polar surface area (TPSA) is 0 Å². The Morgan fingerprint density at radius 2 is 0.906 bits per heavy atom. The van der Waals surface area contributed by atoms with Gasteiger partial charge in [0.05, 0.1) is 0 Å². The van der Waals surface area contributed by atoms with Crippen LogP contribution < -0.4 is 24.8 Å². The average molecular weight is 579 g/mol. The van der Waals surface area contributed by atoms with Crippen LogP contribution in [0.25, 0.3) is 11.1 Å². The molecule has 2 aromatic carbocycles. The summed E-state index contributed by atoms with van der Waals surface area (Å²) in [6.45, 7) is 18.9. The van der Waals surface area contributed by atoms with Crippen molar-refractivity contribution in [2.45, 2.75) is 64.2 Å². The van der Waals surface area contributed by atoms with Gasteiger partial charge in [-0.1, -0.05) is 101 Å². The van der Waals surface area contributed by atoms with Gasteiger partial charge in [-0.05, 0) is 0 Å². The largest absolute Gasteiger partial charge is 1.00 e. The molecule has 2 aliphatic rings. The molecule has 172 valence electrons. The van der Waals surface area contributed by atoms with E-state index in [-0.39, 0.29) is 24.8 Å². The van der Waals surface area contributed by atoms with Crippen molar-refractivity contribution in [1.29, 1.82) is 0 Å². The molecule has 0 saturated heterocycles. The van der Waals surface area contributed by atoms with Crippen molar-refractivity contribution in [3.63, 3.8) is 0 Å². The minimum Gasteiger partial charge on any atom is -1.00 e. The molecule has 0 aromatic heterocycles. The Morgan fingerprint density at radius 3 is 1.19 bits per heavy atom. The van der Waals surface area contributed by atoms with Gasteiger partial charge in [0.25, 0.3) is 0 Å². The van der Waals surface area contributed by atoms with Gasteiger partial charge in [-0.2, -0.15) is 11.1 Å². The first-order chi connectivity index (χ1) is 14.0. The number of rotatable bonds is 2. The van der Waals surface area contributed by atoms with Crippen LogP contribution in [0.3, 0.4) is 0 Å². The number of benzene rings is 2. The first-order valence-corrected chi connectivity index (χ1v) is 19.6. The molecule has 0 N–H and O–H groups in total. The summed E-state index contributed by atoms with van der Waals surface area (Å²) in [5.41, 5.74) is 9.71.